The summed E-state index contributed by atoms with van der Waals surface area (Å²) in [7, 11) is 0. The SMILES string of the molecule is CCC(CC)CNc1nc2cccc(Cl)c2s1. The highest BCUT2D eigenvalue weighted by Gasteiger charge is 2.08. The number of anilines is 1. The van der Waals surface area contributed by atoms with E-state index >= 15 is 0 Å². The molecule has 92 valence electrons. The number of benzene rings is 1. The van der Waals surface area contributed by atoms with E-state index in [-0.39, 0.29) is 0 Å². The standard InChI is InChI=1S/C13H17ClN2S/c1-3-9(4-2)8-15-13-16-11-7-5-6-10(14)12(11)17-13/h5-7,9H,3-4,8H2,1-2H3,(H,15,16). The minimum Gasteiger partial charge on any atom is -0.361 e. The van der Waals surface area contributed by atoms with Crippen LogP contribution in [0.1, 0.15) is 26.7 Å². The van der Waals surface area contributed by atoms with Gasteiger partial charge in [-0.1, -0.05) is 55.7 Å². The Morgan fingerprint density at radius 1 is 1.35 bits per heavy atom. The minimum absolute atomic E-state index is 0.720. The molecule has 4 heteroatoms. The van der Waals surface area contributed by atoms with Gasteiger partial charge in [0.2, 0.25) is 0 Å². The van der Waals surface area contributed by atoms with Crippen LogP contribution in [0.2, 0.25) is 5.02 Å². The van der Waals surface area contributed by atoms with Crippen molar-refractivity contribution in [3.05, 3.63) is 23.2 Å². The van der Waals surface area contributed by atoms with E-state index in [2.05, 4.69) is 24.1 Å². The molecule has 1 aromatic carbocycles. The number of nitrogens with one attached hydrogen (secondary N) is 1. The zero-order chi connectivity index (χ0) is 12.3. The van der Waals surface area contributed by atoms with E-state index in [4.69, 9.17) is 11.6 Å². The molecule has 0 aliphatic carbocycles. The number of halogens is 1. The smallest absolute Gasteiger partial charge is 0.183 e. The summed E-state index contributed by atoms with van der Waals surface area (Å²) in [5.74, 6) is 0.720. The maximum Gasteiger partial charge on any atom is 0.183 e. The lowest BCUT2D eigenvalue weighted by molar-refractivity contribution is 0.519. The second kappa shape index (κ2) is 5.69. The Hall–Kier alpha value is -0.800. The molecular formula is C13H17ClN2S. The summed E-state index contributed by atoms with van der Waals surface area (Å²) in [5.41, 5.74) is 0.981. The largest absolute Gasteiger partial charge is 0.361 e. The second-order valence-corrected chi connectivity index (χ2v) is 5.58. The molecule has 1 heterocycles. The summed E-state index contributed by atoms with van der Waals surface area (Å²) in [5, 5.41) is 5.17. The highest BCUT2D eigenvalue weighted by Crippen LogP contribution is 2.31. The summed E-state index contributed by atoms with van der Waals surface area (Å²) in [6.45, 7) is 5.45. The molecule has 17 heavy (non-hydrogen) atoms. The fourth-order valence-corrected chi connectivity index (χ4v) is 2.96. The van der Waals surface area contributed by atoms with Crippen molar-refractivity contribution < 1.29 is 0 Å². The van der Waals surface area contributed by atoms with Gasteiger partial charge in [0.05, 0.1) is 15.2 Å². The van der Waals surface area contributed by atoms with E-state index in [1.807, 2.05) is 18.2 Å². The van der Waals surface area contributed by atoms with Gasteiger partial charge in [0, 0.05) is 6.54 Å². The highest BCUT2D eigenvalue weighted by atomic mass is 35.5. The van der Waals surface area contributed by atoms with Gasteiger partial charge in [0.25, 0.3) is 0 Å². The summed E-state index contributed by atoms with van der Waals surface area (Å²) in [6.07, 6.45) is 2.41. The molecule has 0 aliphatic heterocycles. The van der Waals surface area contributed by atoms with Crippen LogP contribution >= 0.6 is 22.9 Å². The summed E-state index contributed by atoms with van der Waals surface area (Å²) in [4.78, 5) is 4.54. The molecule has 0 amide bonds. The van der Waals surface area contributed by atoms with Crippen molar-refractivity contribution in [3.8, 4) is 0 Å². The fourth-order valence-electron chi connectivity index (χ4n) is 1.80. The van der Waals surface area contributed by atoms with Crippen LogP contribution in [0.4, 0.5) is 5.13 Å². The molecule has 1 N–H and O–H groups in total. The van der Waals surface area contributed by atoms with Gasteiger partial charge in [0.15, 0.2) is 5.13 Å². The highest BCUT2D eigenvalue weighted by molar-refractivity contribution is 7.22. The van der Waals surface area contributed by atoms with E-state index in [0.717, 1.165) is 32.8 Å². The van der Waals surface area contributed by atoms with Gasteiger partial charge in [-0.25, -0.2) is 4.98 Å². The molecule has 0 radical (unpaired) electrons. The van der Waals surface area contributed by atoms with Crippen molar-refractivity contribution in [1.82, 2.24) is 4.98 Å². The molecular weight excluding hydrogens is 252 g/mol. The van der Waals surface area contributed by atoms with E-state index in [0.29, 0.717) is 0 Å². The molecule has 2 nitrogen and oxygen atoms in total. The van der Waals surface area contributed by atoms with Crippen LogP contribution < -0.4 is 5.32 Å². The van der Waals surface area contributed by atoms with Crippen LogP contribution in [0.15, 0.2) is 18.2 Å². The third-order valence-electron chi connectivity index (χ3n) is 3.06. The Bertz CT molecular complexity index is 491. The Morgan fingerprint density at radius 3 is 2.76 bits per heavy atom. The Kier molecular flexibility index (Phi) is 4.24. The van der Waals surface area contributed by atoms with Crippen molar-refractivity contribution in [2.75, 3.05) is 11.9 Å². The number of aromatic nitrogens is 1. The van der Waals surface area contributed by atoms with Crippen LogP contribution in [-0.4, -0.2) is 11.5 Å². The number of fused-ring (bicyclic) bond motifs is 1. The van der Waals surface area contributed by atoms with Crippen molar-refractivity contribution in [2.24, 2.45) is 5.92 Å². The maximum absolute atomic E-state index is 6.13. The lowest BCUT2D eigenvalue weighted by Gasteiger charge is -2.11. The minimum atomic E-state index is 0.720. The summed E-state index contributed by atoms with van der Waals surface area (Å²) >= 11 is 7.76. The molecule has 0 saturated carbocycles. The number of thiazole rings is 1. The number of hydrogen-bond donors (Lipinski definition) is 1. The normalized spacial score (nSPS) is 11.3. The molecule has 1 aromatic heterocycles. The van der Waals surface area contributed by atoms with Crippen molar-refractivity contribution in [3.63, 3.8) is 0 Å². The molecule has 0 saturated heterocycles. The number of nitrogens with zero attached hydrogens (tertiary/aromatic N) is 1. The Balaban J connectivity index is 2.12. The first kappa shape index (κ1) is 12.7. The molecule has 0 spiro atoms. The zero-order valence-corrected chi connectivity index (χ0v) is 11.7. The molecule has 0 atom stereocenters. The van der Waals surface area contributed by atoms with Gasteiger partial charge in [-0.2, -0.15) is 0 Å². The molecule has 2 aromatic rings. The second-order valence-electron chi connectivity index (χ2n) is 4.17. The molecule has 0 fully saturated rings. The number of hydrogen-bond acceptors (Lipinski definition) is 3. The fraction of sp³-hybridized carbons (Fsp3) is 0.462. The predicted octanol–water partition coefficient (Wildman–Crippen LogP) is 4.80. The van der Waals surface area contributed by atoms with E-state index in [9.17, 15) is 0 Å². The maximum atomic E-state index is 6.13. The van der Waals surface area contributed by atoms with E-state index in [1.54, 1.807) is 11.3 Å². The van der Waals surface area contributed by atoms with Gasteiger partial charge >= 0.3 is 0 Å². The molecule has 0 aliphatic rings. The van der Waals surface area contributed by atoms with Crippen molar-refractivity contribution in [1.29, 1.82) is 0 Å². The van der Waals surface area contributed by atoms with E-state index < -0.39 is 0 Å². The number of rotatable bonds is 5. The van der Waals surface area contributed by atoms with Crippen LogP contribution in [0.5, 0.6) is 0 Å². The Morgan fingerprint density at radius 2 is 2.12 bits per heavy atom. The third kappa shape index (κ3) is 2.90. The van der Waals surface area contributed by atoms with Gasteiger partial charge in [-0.15, -0.1) is 0 Å². The lowest BCUT2D eigenvalue weighted by Crippen LogP contribution is -2.12. The molecule has 0 bridgehead atoms. The zero-order valence-electron chi connectivity index (χ0n) is 10.2. The first-order valence-corrected chi connectivity index (χ1v) is 7.23. The predicted molar refractivity (Wildman–Crippen MR) is 77.2 cm³/mol. The third-order valence-corrected chi connectivity index (χ3v) is 4.55. The molecule has 0 unspecified atom stereocenters. The van der Waals surface area contributed by atoms with Gasteiger partial charge in [0.1, 0.15) is 0 Å². The average Bonchev–Trinajstić information content (AvgIpc) is 2.75. The summed E-state index contributed by atoms with van der Waals surface area (Å²) < 4.78 is 1.07. The first-order valence-electron chi connectivity index (χ1n) is 6.03. The monoisotopic (exact) mass is 268 g/mol. The van der Waals surface area contributed by atoms with Crippen LogP contribution in [0, 0.1) is 5.92 Å². The van der Waals surface area contributed by atoms with Crippen molar-refractivity contribution in [2.45, 2.75) is 26.7 Å². The average molecular weight is 269 g/mol. The van der Waals surface area contributed by atoms with Gasteiger partial charge in [-0.3, -0.25) is 0 Å². The summed E-state index contributed by atoms with van der Waals surface area (Å²) in [6, 6.07) is 5.85. The van der Waals surface area contributed by atoms with Crippen molar-refractivity contribution >= 4 is 38.3 Å². The topological polar surface area (TPSA) is 24.9 Å². The van der Waals surface area contributed by atoms with Gasteiger partial charge < -0.3 is 5.32 Å². The van der Waals surface area contributed by atoms with Gasteiger partial charge in [-0.05, 0) is 18.1 Å². The van der Waals surface area contributed by atoms with E-state index in [1.165, 1.54) is 12.8 Å². The lowest BCUT2D eigenvalue weighted by atomic mass is 10.0. The van der Waals surface area contributed by atoms with Crippen LogP contribution in [0.25, 0.3) is 10.2 Å². The van der Waals surface area contributed by atoms with Crippen LogP contribution in [-0.2, 0) is 0 Å². The first-order chi connectivity index (χ1) is 8.24. The molecule has 2 rings (SSSR count). The Labute approximate surface area is 111 Å². The quantitative estimate of drug-likeness (QED) is 0.843. The van der Waals surface area contributed by atoms with Crippen LogP contribution in [0.3, 0.4) is 0 Å².